The van der Waals surface area contributed by atoms with Crippen LogP contribution in [0.15, 0.2) is 42.5 Å². The van der Waals surface area contributed by atoms with E-state index in [1.165, 1.54) is 5.56 Å². The van der Waals surface area contributed by atoms with Crippen LogP contribution in [0.3, 0.4) is 0 Å². The lowest BCUT2D eigenvalue weighted by molar-refractivity contribution is -0.167. The molecule has 1 aliphatic carbocycles. The topological polar surface area (TPSA) is 111 Å². The predicted octanol–water partition coefficient (Wildman–Crippen LogP) is 3.52. The molecule has 2 aliphatic rings. The van der Waals surface area contributed by atoms with Crippen LogP contribution >= 0.6 is 11.6 Å². The molecule has 0 bridgehead atoms. The molecule has 9 heteroatoms. The first kappa shape index (κ1) is 31.9. The summed E-state index contributed by atoms with van der Waals surface area (Å²) in [6.07, 6.45) is 2.35. The zero-order valence-corrected chi connectivity index (χ0v) is 25.0. The Balaban J connectivity index is 1.63. The Bertz CT molecular complexity index is 1150. The molecule has 1 saturated carbocycles. The molecule has 226 valence electrons. The maximum absolute atomic E-state index is 13.6. The van der Waals surface area contributed by atoms with Crippen LogP contribution in [0.2, 0.25) is 5.02 Å². The number of unbranched alkanes of at least 4 members (excludes halogenated alkanes) is 1. The van der Waals surface area contributed by atoms with E-state index in [0.29, 0.717) is 62.6 Å². The number of carbonyl (C=O) groups excluding carboxylic acids is 1. The quantitative estimate of drug-likeness (QED) is 0.265. The van der Waals surface area contributed by atoms with E-state index >= 15 is 0 Å². The van der Waals surface area contributed by atoms with E-state index in [9.17, 15) is 15.0 Å². The number of morpholine rings is 1. The number of benzene rings is 2. The Labute approximate surface area is 248 Å². The van der Waals surface area contributed by atoms with Gasteiger partial charge in [0.1, 0.15) is 11.7 Å². The fourth-order valence-corrected chi connectivity index (χ4v) is 6.60. The number of rotatable bonds is 13. The van der Waals surface area contributed by atoms with Crippen LogP contribution in [0.5, 0.6) is 0 Å². The minimum Gasteiger partial charge on any atom is -0.395 e. The van der Waals surface area contributed by atoms with E-state index in [0.717, 1.165) is 24.0 Å². The lowest BCUT2D eigenvalue weighted by atomic mass is 9.78. The van der Waals surface area contributed by atoms with Gasteiger partial charge in [-0.1, -0.05) is 54.9 Å². The van der Waals surface area contributed by atoms with Gasteiger partial charge < -0.3 is 35.0 Å². The second-order valence-electron chi connectivity index (χ2n) is 11.3. The van der Waals surface area contributed by atoms with Crippen molar-refractivity contribution in [2.24, 2.45) is 5.92 Å². The smallest absolute Gasteiger partial charge is 0.226 e. The highest BCUT2D eigenvalue weighted by molar-refractivity contribution is 6.33. The van der Waals surface area contributed by atoms with Gasteiger partial charge in [0.25, 0.3) is 0 Å². The first-order valence-corrected chi connectivity index (χ1v) is 15.2. The summed E-state index contributed by atoms with van der Waals surface area (Å²) in [6.45, 7) is 4.02. The van der Waals surface area contributed by atoms with Gasteiger partial charge in [0.2, 0.25) is 5.91 Å². The zero-order chi connectivity index (χ0) is 29.4. The maximum atomic E-state index is 13.6. The number of amides is 1. The number of carbonyl (C=O) groups is 1. The van der Waals surface area contributed by atoms with Crippen molar-refractivity contribution in [3.63, 3.8) is 0 Å². The van der Waals surface area contributed by atoms with Crippen molar-refractivity contribution in [3.8, 4) is 11.1 Å². The summed E-state index contributed by atoms with van der Waals surface area (Å²) in [4.78, 5) is 15.4. The standard InChI is InChI=1S/C32H45ClN2O6/c1-3-22-8-6-9-23(18-22)30-25(10-7-11-26(30)33)32(39,12-4-5-16-40-2)29-21-35(14-17-41-29)31(38)24-19-27(28(37)20-24)34-13-15-36/h6-11,18,24,27-29,34,36-37,39H,3-5,12-17,19-21H2,1-2H3/t24-,27+,28-,29+,32-/m0/s1. The maximum Gasteiger partial charge on any atom is 0.226 e. The number of methoxy groups -OCH3 is 1. The number of ether oxygens (including phenoxy) is 2. The summed E-state index contributed by atoms with van der Waals surface area (Å²) >= 11 is 6.84. The summed E-state index contributed by atoms with van der Waals surface area (Å²) in [5, 5.41) is 35.9. The molecular formula is C32H45ClN2O6. The van der Waals surface area contributed by atoms with Gasteiger partial charge in [-0.2, -0.15) is 0 Å². The fourth-order valence-electron chi connectivity index (χ4n) is 6.32. The Kier molecular flexibility index (Phi) is 11.6. The third kappa shape index (κ3) is 7.49. The monoisotopic (exact) mass is 588 g/mol. The molecule has 4 rings (SSSR count). The van der Waals surface area contributed by atoms with Crippen LogP contribution in [0.25, 0.3) is 11.1 Å². The highest BCUT2D eigenvalue weighted by atomic mass is 35.5. The molecule has 0 spiro atoms. The molecule has 2 fully saturated rings. The average molecular weight is 589 g/mol. The van der Waals surface area contributed by atoms with Gasteiger partial charge in [0.05, 0.1) is 25.9 Å². The van der Waals surface area contributed by atoms with Gasteiger partial charge in [-0.3, -0.25) is 4.79 Å². The minimum atomic E-state index is -1.41. The molecular weight excluding hydrogens is 544 g/mol. The van der Waals surface area contributed by atoms with Crippen molar-refractivity contribution in [2.45, 2.75) is 69.3 Å². The van der Waals surface area contributed by atoms with Crippen molar-refractivity contribution in [1.82, 2.24) is 10.2 Å². The molecule has 1 heterocycles. The Morgan fingerprint density at radius 2 is 2.02 bits per heavy atom. The van der Waals surface area contributed by atoms with Crippen LogP contribution in [0.4, 0.5) is 0 Å². The predicted molar refractivity (Wildman–Crippen MR) is 160 cm³/mol. The molecule has 0 aromatic heterocycles. The number of hydrogen-bond acceptors (Lipinski definition) is 7. The Hall–Kier alpha value is -2.04. The molecule has 2 aromatic carbocycles. The molecule has 8 nitrogen and oxygen atoms in total. The van der Waals surface area contributed by atoms with Gasteiger partial charge in [-0.25, -0.2) is 0 Å². The molecule has 1 saturated heterocycles. The zero-order valence-electron chi connectivity index (χ0n) is 24.2. The summed E-state index contributed by atoms with van der Waals surface area (Å²) in [6, 6.07) is 13.6. The van der Waals surface area contributed by atoms with E-state index in [1.807, 2.05) is 30.3 Å². The second-order valence-corrected chi connectivity index (χ2v) is 11.7. The van der Waals surface area contributed by atoms with Crippen molar-refractivity contribution >= 4 is 17.5 Å². The average Bonchev–Trinajstić information content (AvgIpc) is 3.37. The highest BCUT2D eigenvalue weighted by Crippen LogP contribution is 2.43. The summed E-state index contributed by atoms with van der Waals surface area (Å²) in [5.41, 5.74) is 2.18. The van der Waals surface area contributed by atoms with Gasteiger partial charge in [-0.05, 0) is 61.3 Å². The largest absolute Gasteiger partial charge is 0.395 e. The molecule has 1 amide bonds. The number of hydrogen-bond donors (Lipinski definition) is 4. The molecule has 4 N–H and O–H groups in total. The molecule has 41 heavy (non-hydrogen) atoms. The van der Waals surface area contributed by atoms with Crippen LogP contribution in [-0.4, -0.2) is 90.9 Å². The first-order valence-electron chi connectivity index (χ1n) is 14.8. The Morgan fingerprint density at radius 3 is 2.78 bits per heavy atom. The molecule has 0 radical (unpaired) electrons. The molecule has 0 unspecified atom stereocenters. The number of aryl methyl sites for hydroxylation is 1. The van der Waals surface area contributed by atoms with E-state index < -0.39 is 17.8 Å². The van der Waals surface area contributed by atoms with Crippen molar-refractivity contribution in [3.05, 3.63) is 58.6 Å². The third-order valence-electron chi connectivity index (χ3n) is 8.57. The van der Waals surface area contributed by atoms with Gasteiger partial charge >= 0.3 is 0 Å². The van der Waals surface area contributed by atoms with E-state index in [1.54, 1.807) is 12.0 Å². The minimum absolute atomic E-state index is 0.0236. The summed E-state index contributed by atoms with van der Waals surface area (Å²) in [5.74, 6) is -0.359. The number of aliphatic hydroxyl groups excluding tert-OH is 2. The number of aliphatic hydroxyl groups is 3. The highest BCUT2D eigenvalue weighted by Gasteiger charge is 2.46. The third-order valence-corrected chi connectivity index (χ3v) is 8.88. The fraction of sp³-hybridized carbons (Fsp3) is 0.594. The van der Waals surface area contributed by atoms with Gasteiger partial charge in [0, 0.05) is 49.4 Å². The van der Waals surface area contributed by atoms with E-state index in [2.05, 4.69) is 24.4 Å². The molecule has 1 aliphatic heterocycles. The van der Waals surface area contributed by atoms with E-state index in [-0.39, 0.29) is 31.0 Å². The van der Waals surface area contributed by atoms with Crippen LogP contribution in [0, 0.1) is 5.92 Å². The second kappa shape index (κ2) is 14.9. The summed E-state index contributed by atoms with van der Waals surface area (Å²) < 4.78 is 11.5. The first-order chi connectivity index (χ1) is 19.8. The lowest BCUT2D eigenvalue weighted by Crippen LogP contribution is -2.55. The van der Waals surface area contributed by atoms with Gasteiger partial charge in [-0.15, -0.1) is 0 Å². The van der Waals surface area contributed by atoms with Crippen molar-refractivity contribution in [1.29, 1.82) is 0 Å². The normalized spacial score (nSPS) is 24.4. The number of nitrogens with zero attached hydrogens (tertiary/aromatic N) is 1. The van der Waals surface area contributed by atoms with Crippen molar-refractivity contribution in [2.75, 3.05) is 46.6 Å². The number of halogens is 1. The van der Waals surface area contributed by atoms with Gasteiger partial charge in [0.15, 0.2) is 0 Å². The van der Waals surface area contributed by atoms with Crippen LogP contribution in [0.1, 0.15) is 50.2 Å². The SMILES string of the molecule is CCc1cccc(-c2c(Cl)cccc2[C@@](O)(CCCCOC)[C@H]2CN(C(=O)[C@@H]3C[C@H](O)[C@H](NCCO)C3)CCO2)c1. The van der Waals surface area contributed by atoms with Crippen LogP contribution in [-0.2, 0) is 26.3 Å². The number of nitrogens with one attached hydrogen (secondary N) is 1. The van der Waals surface area contributed by atoms with Crippen LogP contribution < -0.4 is 5.32 Å². The van der Waals surface area contributed by atoms with Crippen molar-refractivity contribution < 1.29 is 29.6 Å². The molecule has 2 aromatic rings. The summed E-state index contributed by atoms with van der Waals surface area (Å²) in [7, 11) is 1.67. The van der Waals surface area contributed by atoms with E-state index in [4.69, 9.17) is 26.2 Å². The molecule has 5 atom stereocenters. The Morgan fingerprint density at radius 1 is 1.22 bits per heavy atom. The lowest BCUT2D eigenvalue weighted by Gasteiger charge is -2.44.